The van der Waals surface area contributed by atoms with Crippen LogP contribution in [0.1, 0.15) is 5.56 Å². The zero-order chi connectivity index (χ0) is 12.3. The molecule has 0 fully saturated rings. The Morgan fingerprint density at radius 1 is 1.29 bits per heavy atom. The highest BCUT2D eigenvalue weighted by molar-refractivity contribution is 7.78. The molecule has 3 nitrogen and oxygen atoms in total. The van der Waals surface area contributed by atoms with E-state index in [0.717, 1.165) is 5.56 Å². The number of hydrogen-bond acceptors (Lipinski definition) is 3. The number of rotatable bonds is 3. The molecule has 0 N–H and O–H groups in total. The fourth-order valence-corrected chi connectivity index (χ4v) is 2.00. The number of aromatic nitrogens is 2. The van der Waals surface area contributed by atoms with Crippen molar-refractivity contribution in [2.45, 2.75) is 6.54 Å². The fraction of sp³-hybridized carbons (Fsp3) is 0.0909. The van der Waals surface area contributed by atoms with Gasteiger partial charge in [-0.2, -0.15) is 10.1 Å². The first-order chi connectivity index (χ1) is 8.20. The maximum atomic E-state index is 6.07. The first kappa shape index (κ1) is 12.3. The molecule has 6 heteroatoms. The number of isothiocyanates is 1. The fourth-order valence-electron chi connectivity index (χ4n) is 1.39. The van der Waals surface area contributed by atoms with Crippen molar-refractivity contribution in [1.29, 1.82) is 0 Å². The van der Waals surface area contributed by atoms with E-state index in [4.69, 9.17) is 23.2 Å². The second-order valence-electron chi connectivity index (χ2n) is 3.27. The van der Waals surface area contributed by atoms with Crippen molar-refractivity contribution in [2.75, 3.05) is 0 Å². The molecule has 0 saturated carbocycles. The minimum Gasteiger partial charge on any atom is -0.266 e. The van der Waals surface area contributed by atoms with E-state index >= 15 is 0 Å². The number of thiocarbonyl (C=S) groups is 1. The quantitative estimate of drug-likeness (QED) is 0.630. The standard InChI is InChI=1S/C11H7Cl2N3S/c12-9-2-1-3-10(13)8(9)6-16-5-4-11(15-16)14-7-17/h1-5H,6H2. The average molecular weight is 284 g/mol. The van der Waals surface area contributed by atoms with Gasteiger partial charge in [0.25, 0.3) is 0 Å². The summed E-state index contributed by atoms with van der Waals surface area (Å²) >= 11 is 16.6. The first-order valence-electron chi connectivity index (χ1n) is 4.75. The van der Waals surface area contributed by atoms with Crippen LogP contribution in [0.3, 0.4) is 0 Å². The van der Waals surface area contributed by atoms with Crippen molar-refractivity contribution in [1.82, 2.24) is 9.78 Å². The summed E-state index contributed by atoms with van der Waals surface area (Å²) in [5.74, 6) is 0.517. The summed E-state index contributed by atoms with van der Waals surface area (Å²) in [5.41, 5.74) is 0.830. The zero-order valence-corrected chi connectivity index (χ0v) is 10.9. The molecule has 0 radical (unpaired) electrons. The van der Waals surface area contributed by atoms with Crippen molar-refractivity contribution < 1.29 is 0 Å². The third kappa shape index (κ3) is 2.93. The number of aliphatic imine (C=N–C) groups is 1. The summed E-state index contributed by atoms with van der Waals surface area (Å²) in [6, 6.07) is 7.13. The summed E-state index contributed by atoms with van der Waals surface area (Å²) in [5, 5.41) is 7.68. The van der Waals surface area contributed by atoms with Gasteiger partial charge in [0, 0.05) is 27.9 Å². The normalized spacial score (nSPS) is 10.0. The number of benzene rings is 1. The summed E-state index contributed by atoms with van der Waals surface area (Å²) in [6.07, 6.45) is 1.78. The van der Waals surface area contributed by atoms with Gasteiger partial charge in [-0.25, -0.2) is 0 Å². The molecule has 0 atom stereocenters. The van der Waals surface area contributed by atoms with Crippen LogP contribution in [0.25, 0.3) is 0 Å². The van der Waals surface area contributed by atoms with Crippen LogP contribution in [-0.4, -0.2) is 14.9 Å². The summed E-state index contributed by atoms with van der Waals surface area (Å²) in [4.78, 5) is 3.78. The monoisotopic (exact) mass is 283 g/mol. The van der Waals surface area contributed by atoms with E-state index < -0.39 is 0 Å². The topological polar surface area (TPSA) is 30.2 Å². The van der Waals surface area contributed by atoms with E-state index in [0.29, 0.717) is 22.4 Å². The molecule has 0 amide bonds. The molecule has 0 unspecified atom stereocenters. The highest BCUT2D eigenvalue weighted by atomic mass is 35.5. The van der Waals surface area contributed by atoms with Crippen molar-refractivity contribution in [3.8, 4) is 0 Å². The van der Waals surface area contributed by atoms with Gasteiger partial charge in [0.1, 0.15) is 0 Å². The maximum absolute atomic E-state index is 6.07. The van der Waals surface area contributed by atoms with Crippen LogP contribution >= 0.6 is 35.4 Å². The first-order valence-corrected chi connectivity index (χ1v) is 5.91. The van der Waals surface area contributed by atoms with Gasteiger partial charge in [0.2, 0.25) is 0 Å². The van der Waals surface area contributed by atoms with Crippen LogP contribution in [-0.2, 0) is 6.54 Å². The molecule has 0 spiro atoms. The van der Waals surface area contributed by atoms with Gasteiger partial charge in [0.05, 0.1) is 11.7 Å². The minimum absolute atomic E-state index is 0.492. The Morgan fingerprint density at radius 3 is 2.65 bits per heavy atom. The van der Waals surface area contributed by atoms with E-state index in [9.17, 15) is 0 Å². The predicted octanol–water partition coefficient (Wildman–Crippen LogP) is 3.97. The Kier molecular flexibility index (Phi) is 3.92. The molecule has 0 aliphatic carbocycles. The Morgan fingerprint density at radius 2 is 2.00 bits per heavy atom. The molecule has 0 saturated heterocycles. The second-order valence-corrected chi connectivity index (χ2v) is 4.27. The smallest absolute Gasteiger partial charge is 0.184 e. The van der Waals surface area contributed by atoms with E-state index in [-0.39, 0.29) is 0 Å². The molecule has 1 aromatic carbocycles. The van der Waals surface area contributed by atoms with Gasteiger partial charge < -0.3 is 0 Å². The molecule has 1 heterocycles. The lowest BCUT2D eigenvalue weighted by atomic mass is 10.2. The SMILES string of the molecule is S=C=Nc1ccn(Cc2c(Cl)cccc2Cl)n1. The third-order valence-electron chi connectivity index (χ3n) is 2.17. The summed E-state index contributed by atoms with van der Waals surface area (Å²) in [6.45, 7) is 0.492. The summed E-state index contributed by atoms with van der Waals surface area (Å²) < 4.78 is 1.69. The van der Waals surface area contributed by atoms with Gasteiger partial charge >= 0.3 is 0 Å². The van der Waals surface area contributed by atoms with Gasteiger partial charge in [-0.15, -0.1) is 0 Å². The molecule has 2 rings (SSSR count). The Bertz CT molecular complexity index is 568. The predicted molar refractivity (Wildman–Crippen MR) is 72.5 cm³/mol. The van der Waals surface area contributed by atoms with Crippen LogP contribution in [0, 0.1) is 0 Å². The largest absolute Gasteiger partial charge is 0.266 e. The molecular weight excluding hydrogens is 277 g/mol. The van der Waals surface area contributed by atoms with Crippen LogP contribution in [0.15, 0.2) is 35.5 Å². The van der Waals surface area contributed by atoms with Crippen molar-refractivity contribution in [3.63, 3.8) is 0 Å². The van der Waals surface area contributed by atoms with E-state index in [1.807, 2.05) is 0 Å². The van der Waals surface area contributed by atoms with Crippen molar-refractivity contribution in [3.05, 3.63) is 46.1 Å². The van der Waals surface area contributed by atoms with Gasteiger partial charge in [-0.3, -0.25) is 4.68 Å². The third-order valence-corrected chi connectivity index (χ3v) is 2.97. The number of halogens is 2. The zero-order valence-electron chi connectivity index (χ0n) is 8.60. The number of hydrogen-bond donors (Lipinski definition) is 0. The van der Waals surface area contributed by atoms with Crippen molar-refractivity contribution in [2.24, 2.45) is 4.99 Å². The van der Waals surface area contributed by atoms with Gasteiger partial charge in [0.15, 0.2) is 5.82 Å². The summed E-state index contributed by atoms with van der Waals surface area (Å²) in [7, 11) is 0. The molecule has 0 aliphatic heterocycles. The highest BCUT2D eigenvalue weighted by Gasteiger charge is 2.06. The molecule has 1 aromatic heterocycles. The molecule has 0 aliphatic rings. The lowest BCUT2D eigenvalue weighted by Gasteiger charge is -2.06. The van der Waals surface area contributed by atoms with Crippen LogP contribution < -0.4 is 0 Å². The van der Waals surface area contributed by atoms with Gasteiger partial charge in [-0.1, -0.05) is 29.3 Å². The minimum atomic E-state index is 0.492. The van der Waals surface area contributed by atoms with E-state index in [1.165, 1.54) is 0 Å². The second kappa shape index (κ2) is 5.43. The maximum Gasteiger partial charge on any atom is 0.184 e. The Labute approximate surface area is 114 Å². The highest BCUT2D eigenvalue weighted by Crippen LogP contribution is 2.25. The van der Waals surface area contributed by atoms with E-state index in [1.54, 1.807) is 35.1 Å². The van der Waals surface area contributed by atoms with Crippen molar-refractivity contribution >= 4 is 46.4 Å². The van der Waals surface area contributed by atoms with Crippen LogP contribution in [0.4, 0.5) is 5.82 Å². The molecule has 86 valence electrons. The number of nitrogens with zero attached hydrogens (tertiary/aromatic N) is 3. The van der Waals surface area contributed by atoms with Crippen LogP contribution in [0.5, 0.6) is 0 Å². The molecule has 17 heavy (non-hydrogen) atoms. The van der Waals surface area contributed by atoms with Gasteiger partial charge in [-0.05, 0) is 24.4 Å². The Hall–Kier alpha value is -1.19. The van der Waals surface area contributed by atoms with Crippen LogP contribution in [0.2, 0.25) is 10.0 Å². The lowest BCUT2D eigenvalue weighted by molar-refractivity contribution is 0.688. The lowest BCUT2D eigenvalue weighted by Crippen LogP contribution is -2.01. The molecular formula is C11H7Cl2N3S. The average Bonchev–Trinajstić information content (AvgIpc) is 2.72. The Balaban J connectivity index is 2.28. The molecule has 0 bridgehead atoms. The molecule has 2 aromatic rings. The van der Waals surface area contributed by atoms with E-state index in [2.05, 4.69) is 27.5 Å².